The number of carbonyl (C=O) groups excluding carboxylic acids is 3. The van der Waals surface area contributed by atoms with E-state index in [9.17, 15) is 23.2 Å². The van der Waals surface area contributed by atoms with Crippen LogP contribution in [-0.4, -0.2) is 37.4 Å². The van der Waals surface area contributed by atoms with Crippen LogP contribution >= 0.6 is 22.9 Å². The first-order valence-corrected chi connectivity index (χ1v) is 9.77. The monoisotopic (exact) mass is 445 g/mol. The van der Waals surface area contributed by atoms with Gasteiger partial charge in [0.1, 0.15) is 5.75 Å². The molecular formula is C19H18ClF2NO5S. The number of rotatable bonds is 11. The maximum atomic E-state index is 12.1. The Hall–Kier alpha value is -2.52. The molecule has 0 spiro atoms. The van der Waals surface area contributed by atoms with Crippen molar-refractivity contribution in [2.75, 3.05) is 13.2 Å². The molecule has 29 heavy (non-hydrogen) atoms. The molecule has 0 aliphatic carbocycles. The summed E-state index contributed by atoms with van der Waals surface area (Å²) < 4.78 is 33.7. The quantitative estimate of drug-likeness (QED) is 0.419. The van der Waals surface area contributed by atoms with Crippen molar-refractivity contribution in [2.24, 2.45) is 0 Å². The predicted molar refractivity (Wildman–Crippen MR) is 104 cm³/mol. The van der Waals surface area contributed by atoms with E-state index in [4.69, 9.17) is 16.3 Å². The minimum atomic E-state index is -2.88. The number of carbonyl (C=O) groups is 3. The highest BCUT2D eigenvalue weighted by Crippen LogP contribution is 2.23. The van der Waals surface area contributed by atoms with Crippen LogP contribution in [0, 0.1) is 0 Å². The largest absolute Gasteiger partial charge is 0.456 e. The summed E-state index contributed by atoms with van der Waals surface area (Å²) in [5.41, 5.74) is 0.816. The average Bonchev–Trinajstić information content (AvgIpc) is 3.12. The van der Waals surface area contributed by atoms with Crippen LogP contribution in [-0.2, 0) is 20.7 Å². The lowest BCUT2D eigenvalue weighted by Crippen LogP contribution is -2.30. The topological polar surface area (TPSA) is 81.7 Å². The SMILES string of the molecule is O=C(COC(=O)CCC(=O)c1ccc(Cl)s1)NCCc1ccc(OC(F)F)cc1. The smallest absolute Gasteiger partial charge is 0.387 e. The van der Waals surface area contributed by atoms with Crippen LogP contribution < -0.4 is 10.1 Å². The van der Waals surface area contributed by atoms with Gasteiger partial charge < -0.3 is 14.8 Å². The number of Topliss-reactive ketones (excluding diaryl/α,β-unsaturated/α-hetero) is 1. The van der Waals surface area contributed by atoms with Crippen LogP contribution in [0.5, 0.6) is 5.75 Å². The van der Waals surface area contributed by atoms with Gasteiger partial charge in [0.25, 0.3) is 5.91 Å². The normalized spacial score (nSPS) is 10.6. The van der Waals surface area contributed by atoms with E-state index in [2.05, 4.69) is 10.1 Å². The zero-order chi connectivity index (χ0) is 21.2. The number of hydrogen-bond acceptors (Lipinski definition) is 6. The molecule has 0 atom stereocenters. The van der Waals surface area contributed by atoms with E-state index in [1.54, 1.807) is 24.3 Å². The molecule has 0 radical (unpaired) electrons. The van der Waals surface area contributed by atoms with Crippen molar-refractivity contribution in [2.45, 2.75) is 25.9 Å². The molecule has 1 aromatic carbocycles. The molecule has 10 heteroatoms. The Morgan fingerprint density at radius 2 is 1.79 bits per heavy atom. The first kappa shape index (κ1) is 22.8. The fourth-order valence-electron chi connectivity index (χ4n) is 2.26. The van der Waals surface area contributed by atoms with Gasteiger partial charge in [0.15, 0.2) is 12.4 Å². The van der Waals surface area contributed by atoms with Gasteiger partial charge >= 0.3 is 12.6 Å². The molecule has 0 saturated carbocycles. The average molecular weight is 446 g/mol. The first-order chi connectivity index (χ1) is 13.8. The number of esters is 1. The summed E-state index contributed by atoms with van der Waals surface area (Å²) in [6, 6.07) is 9.25. The number of benzene rings is 1. The molecule has 156 valence electrons. The van der Waals surface area contributed by atoms with Crippen molar-refractivity contribution >= 4 is 40.6 Å². The number of ether oxygens (including phenoxy) is 2. The Morgan fingerprint density at radius 3 is 2.41 bits per heavy atom. The number of halogens is 3. The second kappa shape index (κ2) is 11.5. The summed E-state index contributed by atoms with van der Waals surface area (Å²) in [6.45, 7) is -3.04. The number of ketones is 1. The highest BCUT2D eigenvalue weighted by Gasteiger charge is 2.13. The number of alkyl halides is 2. The summed E-state index contributed by atoms with van der Waals surface area (Å²) in [5, 5.41) is 2.58. The van der Waals surface area contributed by atoms with E-state index in [1.165, 1.54) is 12.1 Å². The molecule has 1 aromatic heterocycles. The Kier molecular flexibility index (Phi) is 9.01. The van der Waals surface area contributed by atoms with Gasteiger partial charge in [-0.15, -0.1) is 11.3 Å². The predicted octanol–water partition coefficient (Wildman–Crippen LogP) is 3.87. The first-order valence-electron chi connectivity index (χ1n) is 8.58. The van der Waals surface area contributed by atoms with Crippen LogP contribution in [0.1, 0.15) is 28.1 Å². The molecule has 0 fully saturated rings. The highest BCUT2D eigenvalue weighted by molar-refractivity contribution is 7.18. The number of nitrogens with one attached hydrogen (secondary N) is 1. The Balaban J connectivity index is 1.60. The molecular weight excluding hydrogens is 428 g/mol. The second-order valence-corrected chi connectivity index (χ2v) is 7.53. The van der Waals surface area contributed by atoms with E-state index >= 15 is 0 Å². The molecule has 6 nitrogen and oxygen atoms in total. The molecule has 1 amide bonds. The van der Waals surface area contributed by atoms with Crippen molar-refractivity contribution in [1.29, 1.82) is 0 Å². The summed E-state index contributed by atoms with van der Waals surface area (Å²) in [5.74, 6) is -1.29. The van der Waals surface area contributed by atoms with Crippen LogP contribution in [0.15, 0.2) is 36.4 Å². The lowest BCUT2D eigenvalue weighted by molar-refractivity contribution is -0.148. The molecule has 1 N–H and O–H groups in total. The number of amides is 1. The van der Waals surface area contributed by atoms with E-state index in [0.717, 1.165) is 16.9 Å². The summed E-state index contributed by atoms with van der Waals surface area (Å²) in [7, 11) is 0. The van der Waals surface area contributed by atoms with Crippen LogP contribution in [0.3, 0.4) is 0 Å². The summed E-state index contributed by atoms with van der Waals surface area (Å²) >= 11 is 6.89. The standard InChI is InChI=1S/C19H18ClF2NO5S/c20-16-7-6-15(29-16)14(24)5-8-18(26)27-11-17(25)23-10-9-12-1-3-13(4-2-12)28-19(21)22/h1-4,6-7,19H,5,8-11H2,(H,23,25). The molecule has 0 bridgehead atoms. The molecule has 2 rings (SSSR count). The zero-order valence-electron chi connectivity index (χ0n) is 15.2. The molecule has 1 heterocycles. The zero-order valence-corrected chi connectivity index (χ0v) is 16.7. The molecule has 0 aliphatic heterocycles. The minimum Gasteiger partial charge on any atom is -0.456 e. The van der Waals surface area contributed by atoms with Gasteiger partial charge in [0, 0.05) is 13.0 Å². The third kappa shape index (κ3) is 8.57. The van der Waals surface area contributed by atoms with Gasteiger partial charge in [-0.25, -0.2) is 0 Å². The Morgan fingerprint density at radius 1 is 1.07 bits per heavy atom. The molecule has 0 unspecified atom stereocenters. The fourth-order valence-corrected chi connectivity index (χ4v) is 3.27. The van der Waals surface area contributed by atoms with Gasteiger partial charge in [-0.1, -0.05) is 23.7 Å². The highest BCUT2D eigenvalue weighted by atomic mass is 35.5. The van der Waals surface area contributed by atoms with E-state index < -0.39 is 25.1 Å². The van der Waals surface area contributed by atoms with Gasteiger partial charge in [-0.2, -0.15) is 8.78 Å². The summed E-state index contributed by atoms with van der Waals surface area (Å²) in [6.07, 6.45) is 0.309. The second-order valence-electron chi connectivity index (χ2n) is 5.81. The maximum absolute atomic E-state index is 12.1. The lowest BCUT2D eigenvalue weighted by atomic mass is 10.1. The van der Waals surface area contributed by atoms with Crippen molar-refractivity contribution in [3.63, 3.8) is 0 Å². The van der Waals surface area contributed by atoms with Crippen LogP contribution in [0.2, 0.25) is 4.34 Å². The summed E-state index contributed by atoms with van der Waals surface area (Å²) in [4.78, 5) is 35.7. The third-order valence-electron chi connectivity index (χ3n) is 3.65. The van der Waals surface area contributed by atoms with E-state index in [-0.39, 0.29) is 30.9 Å². The number of hydrogen-bond donors (Lipinski definition) is 1. The Bertz CT molecular complexity index is 841. The Labute approximate surface area is 174 Å². The van der Waals surface area contributed by atoms with Gasteiger partial charge in [0.2, 0.25) is 0 Å². The van der Waals surface area contributed by atoms with Crippen molar-refractivity contribution in [3.05, 3.63) is 51.2 Å². The molecule has 2 aromatic rings. The van der Waals surface area contributed by atoms with Crippen LogP contribution in [0.25, 0.3) is 0 Å². The molecule has 0 aliphatic rings. The maximum Gasteiger partial charge on any atom is 0.387 e. The van der Waals surface area contributed by atoms with E-state index in [1.807, 2.05) is 0 Å². The van der Waals surface area contributed by atoms with Crippen molar-refractivity contribution in [1.82, 2.24) is 5.32 Å². The van der Waals surface area contributed by atoms with Crippen molar-refractivity contribution < 1.29 is 32.6 Å². The van der Waals surface area contributed by atoms with Crippen LogP contribution in [0.4, 0.5) is 8.78 Å². The minimum absolute atomic E-state index is 0.0252. The van der Waals surface area contributed by atoms with Crippen molar-refractivity contribution in [3.8, 4) is 5.75 Å². The lowest BCUT2D eigenvalue weighted by Gasteiger charge is -2.08. The van der Waals surface area contributed by atoms with E-state index in [0.29, 0.717) is 15.6 Å². The molecule has 0 saturated heterocycles. The third-order valence-corrected chi connectivity index (χ3v) is 4.93. The number of thiophene rings is 1. The van der Waals surface area contributed by atoms with Gasteiger partial charge in [0.05, 0.1) is 15.6 Å². The fraction of sp³-hybridized carbons (Fsp3) is 0.316. The van der Waals surface area contributed by atoms with Gasteiger partial charge in [-0.05, 0) is 36.2 Å². The van der Waals surface area contributed by atoms with Gasteiger partial charge in [-0.3, -0.25) is 14.4 Å².